The number of aliphatic hydroxyl groups excluding tert-OH is 2. The van der Waals surface area contributed by atoms with Crippen molar-refractivity contribution in [1.29, 1.82) is 0 Å². The van der Waals surface area contributed by atoms with E-state index in [1.165, 1.54) is 0 Å². The smallest absolute Gasteiger partial charge is 0.328 e. The van der Waals surface area contributed by atoms with Crippen molar-refractivity contribution in [2.45, 2.75) is 26.2 Å². The molecule has 2 atom stereocenters. The van der Waals surface area contributed by atoms with Crippen LogP contribution in [0.5, 0.6) is 5.75 Å². The highest BCUT2D eigenvalue weighted by molar-refractivity contribution is 5.90. The van der Waals surface area contributed by atoms with Gasteiger partial charge in [0.2, 0.25) is 0 Å². The number of ether oxygens (including phenoxy) is 1. The molecule has 1 fully saturated rings. The molecular formula is C19H28N2O5. The topological polar surface area (TPSA) is 93.5 Å². The molecule has 7 nitrogen and oxygen atoms in total. The van der Waals surface area contributed by atoms with Gasteiger partial charge in [0.15, 0.2) is 6.23 Å². The van der Waals surface area contributed by atoms with Gasteiger partial charge >= 0.3 is 5.97 Å². The maximum absolute atomic E-state index is 11.0. The van der Waals surface area contributed by atoms with Crippen molar-refractivity contribution in [2.24, 2.45) is 0 Å². The van der Waals surface area contributed by atoms with Crippen LogP contribution in [0.1, 0.15) is 19.4 Å². The summed E-state index contributed by atoms with van der Waals surface area (Å²) in [6, 6.07) is 7.24. The molecular weight excluding hydrogens is 336 g/mol. The van der Waals surface area contributed by atoms with E-state index in [0.29, 0.717) is 23.4 Å². The first kappa shape index (κ1) is 20.4. The van der Waals surface area contributed by atoms with E-state index in [2.05, 4.69) is 9.80 Å². The molecule has 1 aromatic carbocycles. The molecule has 0 aromatic heterocycles. The molecule has 144 valence electrons. The Bertz CT molecular complexity index is 624. The quantitative estimate of drug-likeness (QED) is 0.589. The van der Waals surface area contributed by atoms with Crippen LogP contribution in [0.2, 0.25) is 0 Å². The minimum absolute atomic E-state index is 0.138. The number of hydrogen-bond acceptors (Lipinski definition) is 6. The Morgan fingerprint density at radius 2 is 1.92 bits per heavy atom. The first-order valence-electron chi connectivity index (χ1n) is 8.85. The first-order chi connectivity index (χ1) is 12.4. The number of aliphatic carboxylic acids is 1. The number of benzene rings is 1. The van der Waals surface area contributed by atoms with Gasteiger partial charge in [-0.2, -0.15) is 0 Å². The Morgan fingerprint density at radius 3 is 2.50 bits per heavy atom. The number of piperazine rings is 1. The van der Waals surface area contributed by atoms with Crippen LogP contribution in [0, 0.1) is 0 Å². The fourth-order valence-electron chi connectivity index (χ4n) is 3.15. The number of allylic oxidation sites excluding steroid dienone is 1. The third-order valence-electron chi connectivity index (χ3n) is 4.50. The molecule has 1 aliphatic rings. The van der Waals surface area contributed by atoms with Gasteiger partial charge in [0, 0.05) is 44.4 Å². The second kappa shape index (κ2) is 9.68. The predicted octanol–water partition coefficient (Wildman–Crippen LogP) is 0.870. The van der Waals surface area contributed by atoms with E-state index >= 15 is 0 Å². The summed E-state index contributed by atoms with van der Waals surface area (Å²) in [4.78, 5) is 15.2. The fourth-order valence-corrected chi connectivity index (χ4v) is 3.15. The molecule has 1 heterocycles. The number of carbonyl (C=O) groups is 1. The van der Waals surface area contributed by atoms with Crippen LogP contribution < -0.4 is 4.74 Å². The molecule has 1 aromatic rings. The monoisotopic (exact) mass is 364 g/mol. The maximum atomic E-state index is 11.0. The number of nitrogens with zero attached hydrogens (tertiary/aromatic N) is 2. The average molecular weight is 364 g/mol. The van der Waals surface area contributed by atoms with Crippen molar-refractivity contribution in [3.8, 4) is 5.75 Å². The number of β-amino-alcohol motifs (C(OH)–C–C–N with tert-alkyl or cyclic N) is 1. The standard InChI is InChI=1S/C19H28N2O5/c1-14(13-18(24)25)16-5-3-4-6-17(16)26-19(15(2)23)21-9-7-20(8-10-21)11-12-22/h3-6,13,15,19,22-23H,7-12H2,1-2H3,(H,24,25). The van der Waals surface area contributed by atoms with Gasteiger partial charge in [0.05, 0.1) is 6.61 Å². The van der Waals surface area contributed by atoms with Gasteiger partial charge in [-0.15, -0.1) is 0 Å². The molecule has 3 N–H and O–H groups in total. The highest BCUT2D eigenvalue weighted by atomic mass is 16.5. The lowest BCUT2D eigenvalue weighted by Crippen LogP contribution is -2.55. The largest absolute Gasteiger partial charge is 0.478 e. The number of carboxylic acid groups (broad SMARTS) is 1. The van der Waals surface area contributed by atoms with Crippen molar-refractivity contribution in [1.82, 2.24) is 9.80 Å². The minimum atomic E-state index is -1.01. The summed E-state index contributed by atoms with van der Waals surface area (Å²) >= 11 is 0. The van der Waals surface area contributed by atoms with E-state index in [9.17, 15) is 9.90 Å². The molecule has 1 saturated heterocycles. The van der Waals surface area contributed by atoms with Crippen molar-refractivity contribution in [3.05, 3.63) is 35.9 Å². The Balaban J connectivity index is 2.15. The predicted molar refractivity (Wildman–Crippen MR) is 98.9 cm³/mol. The van der Waals surface area contributed by atoms with Crippen molar-refractivity contribution >= 4 is 11.5 Å². The van der Waals surface area contributed by atoms with Crippen LogP contribution in [0.15, 0.2) is 30.3 Å². The Kier molecular flexibility index (Phi) is 7.59. The fraction of sp³-hybridized carbons (Fsp3) is 0.526. The summed E-state index contributed by atoms with van der Waals surface area (Å²) in [5.41, 5.74) is 1.28. The molecule has 0 radical (unpaired) electrons. The second-order valence-corrected chi connectivity index (χ2v) is 6.51. The van der Waals surface area contributed by atoms with Crippen LogP contribution in [0.4, 0.5) is 0 Å². The van der Waals surface area contributed by atoms with Crippen LogP contribution >= 0.6 is 0 Å². The Hall–Kier alpha value is -1.93. The van der Waals surface area contributed by atoms with Crippen LogP contribution in [0.25, 0.3) is 5.57 Å². The second-order valence-electron chi connectivity index (χ2n) is 6.51. The van der Waals surface area contributed by atoms with E-state index in [0.717, 1.165) is 32.3 Å². The molecule has 7 heteroatoms. The van der Waals surface area contributed by atoms with Gasteiger partial charge in [-0.05, 0) is 25.5 Å². The summed E-state index contributed by atoms with van der Waals surface area (Å²) < 4.78 is 6.12. The molecule has 0 spiro atoms. The lowest BCUT2D eigenvalue weighted by atomic mass is 10.1. The number of rotatable bonds is 8. The van der Waals surface area contributed by atoms with Gasteiger partial charge in [-0.1, -0.05) is 18.2 Å². The summed E-state index contributed by atoms with van der Waals surface area (Å²) in [7, 11) is 0. The van der Waals surface area contributed by atoms with E-state index in [1.807, 2.05) is 18.2 Å². The summed E-state index contributed by atoms with van der Waals surface area (Å²) in [6.07, 6.45) is -0.0889. The molecule has 0 bridgehead atoms. The normalized spacial score (nSPS) is 19.2. The van der Waals surface area contributed by atoms with Crippen LogP contribution in [-0.2, 0) is 4.79 Å². The molecule has 0 saturated carbocycles. The first-order valence-corrected chi connectivity index (χ1v) is 8.85. The third kappa shape index (κ3) is 5.54. The van der Waals surface area contributed by atoms with E-state index in [4.69, 9.17) is 14.9 Å². The summed E-state index contributed by atoms with van der Waals surface area (Å²) in [5, 5.41) is 28.3. The molecule has 0 amide bonds. The van der Waals surface area contributed by atoms with Crippen molar-refractivity contribution in [2.75, 3.05) is 39.3 Å². The van der Waals surface area contributed by atoms with Crippen molar-refractivity contribution < 1.29 is 24.9 Å². The zero-order valence-corrected chi connectivity index (χ0v) is 15.3. The number of para-hydroxylation sites is 1. The van der Waals surface area contributed by atoms with Gasteiger partial charge in [0.1, 0.15) is 11.9 Å². The maximum Gasteiger partial charge on any atom is 0.328 e. The molecule has 0 aliphatic carbocycles. The van der Waals surface area contributed by atoms with Crippen LogP contribution in [-0.4, -0.2) is 82.8 Å². The summed E-state index contributed by atoms with van der Waals surface area (Å²) in [5.74, 6) is -0.462. The zero-order valence-electron chi connectivity index (χ0n) is 15.3. The Morgan fingerprint density at radius 1 is 1.27 bits per heavy atom. The molecule has 1 aliphatic heterocycles. The van der Waals surface area contributed by atoms with E-state index in [-0.39, 0.29) is 6.61 Å². The van der Waals surface area contributed by atoms with Crippen molar-refractivity contribution in [3.63, 3.8) is 0 Å². The summed E-state index contributed by atoms with van der Waals surface area (Å²) in [6.45, 7) is 7.24. The molecule has 26 heavy (non-hydrogen) atoms. The zero-order chi connectivity index (χ0) is 19.1. The van der Waals surface area contributed by atoms with E-state index in [1.54, 1.807) is 19.9 Å². The Labute approximate surface area is 154 Å². The highest BCUT2D eigenvalue weighted by Crippen LogP contribution is 2.28. The van der Waals surface area contributed by atoms with Gasteiger partial charge in [-0.25, -0.2) is 4.79 Å². The van der Waals surface area contributed by atoms with Gasteiger partial charge in [-0.3, -0.25) is 9.80 Å². The number of hydrogen-bond donors (Lipinski definition) is 3. The third-order valence-corrected chi connectivity index (χ3v) is 4.50. The van der Waals surface area contributed by atoms with Gasteiger partial charge in [0.25, 0.3) is 0 Å². The van der Waals surface area contributed by atoms with Crippen LogP contribution in [0.3, 0.4) is 0 Å². The molecule has 2 unspecified atom stereocenters. The molecule has 2 rings (SSSR count). The number of aliphatic hydroxyl groups is 2. The number of carboxylic acids is 1. The van der Waals surface area contributed by atoms with Gasteiger partial charge < -0.3 is 20.1 Å². The average Bonchev–Trinajstić information content (AvgIpc) is 2.60. The SMILES string of the molecule is CC(=CC(=O)O)c1ccccc1OC(C(C)O)N1CCN(CCO)CC1. The minimum Gasteiger partial charge on any atom is -0.478 e. The lowest BCUT2D eigenvalue weighted by molar-refractivity contribution is -0.131. The van der Waals surface area contributed by atoms with E-state index < -0.39 is 18.3 Å². The highest BCUT2D eigenvalue weighted by Gasteiger charge is 2.29. The lowest BCUT2D eigenvalue weighted by Gasteiger charge is -2.40.